The average Bonchev–Trinajstić information content (AvgIpc) is 2.44. The summed E-state index contributed by atoms with van der Waals surface area (Å²) in [5.74, 6) is -0.481. The van der Waals surface area contributed by atoms with Gasteiger partial charge in [0.05, 0.1) is 0 Å². The fourth-order valence-corrected chi connectivity index (χ4v) is 1.96. The number of phenolic OH excluding ortho intramolecular Hbond substituents is 1. The molecule has 0 saturated carbocycles. The van der Waals surface area contributed by atoms with Crippen LogP contribution in [-0.2, 0) is 0 Å². The van der Waals surface area contributed by atoms with Gasteiger partial charge in [-0.1, -0.05) is 6.07 Å². The van der Waals surface area contributed by atoms with E-state index in [0.29, 0.717) is 23.4 Å². The Morgan fingerprint density at radius 3 is 2.40 bits per heavy atom. The molecule has 0 aliphatic rings. The molecule has 0 aromatic heterocycles. The van der Waals surface area contributed by atoms with E-state index in [4.69, 9.17) is 0 Å². The number of benzene rings is 2. The molecule has 4 heteroatoms. The predicted molar refractivity (Wildman–Crippen MR) is 76.6 cm³/mol. The van der Waals surface area contributed by atoms with E-state index in [1.807, 2.05) is 6.92 Å². The monoisotopic (exact) mass is 273 g/mol. The number of amides is 1. The summed E-state index contributed by atoms with van der Waals surface area (Å²) in [4.78, 5) is 14.0. The number of nitrogens with zero attached hydrogens (tertiary/aromatic N) is 1. The molecular weight excluding hydrogens is 257 g/mol. The van der Waals surface area contributed by atoms with E-state index < -0.39 is 0 Å². The van der Waals surface area contributed by atoms with Crippen LogP contribution in [0.4, 0.5) is 10.1 Å². The Morgan fingerprint density at radius 2 is 1.85 bits per heavy atom. The quantitative estimate of drug-likeness (QED) is 0.929. The van der Waals surface area contributed by atoms with E-state index in [1.165, 1.54) is 23.1 Å². The van der Waals surface area contributed by atoms with Gasteiger partial charge in [-0.15, -0.1) is 0 Å². The van der Waals surface area contributed by atoms with Crippen LogP contribution in [0.3, 0.4) is 0 Å². The van der Waals surface area contributed by atoms with Crippen LogP contribution in [0.2, 0.25) is 0 Å². The number of carbonyl (C=O) groups is 1. The highest BCUT2D eigenvalue weighted by atomic mass is 19.1. The molecule has 20 heavy (non-hydrogen) atoms. The summed E-state index contributed by atoms with van der Waals surface area (Å²) in [5.41, 5.74) is 1.74. The smallest absolute Gasteiger partial charge is 0.258 e. The summed E-state index contributed by atoms with van der Waals surface area (Å²) >= 11 is 0. The third kappa shape index (κ3) is 2.79. The van der Waals surface area contributed by atoms with E-state index in [2.05, 4.69) is 0 Å². The van der Waals surface area contributed by atoms with E-state index in [9.17, 15) is 14.3 Å². The molecule has 0 bridgehead atoms. The maximum atomic E-state index is 12.9. The minimum atomic E-state index is -0.342. The van der Waals surface area contributed by atoms with Crippen LogP contribution in [-0.4, -0.2) is 17.6 Å². The van der Waals surface area contributed by atoms with Crippen molar-refractivity contribution in [3.63, 3.8) is 0 Å². The molecule has 0 heterocycles. The normalized spacial score (nSPS) is 10.3. The van der Waals surface area contributed by atoms with Gasteiger partial charge < -0.3 is 10.0 Å². The molecule has 1 N–H and O–H groups in total. The van der Waals surface area contributed by atoms with Crippen molar-refractivity contribution >= 4 is 11.6 Å². The summed E-state index contributed by atoms with van der Waals surface area (Å²) in [7, 11) is 0. The SMILES string of the molecule is CCN(C(=O)c1ccc(C)c(O)c1)c1ccc(F)cc1. The fourth-order valence-electron chi connectivity index (χ4n) is 1.96. The fraction of sp³-hybridized carbons (Fsp3) is 0.188. The number of phenols is 1. The highest BCUT2D eigenvalue weighted by Crippen LogP contribution is 2.22. The highest BCUT2D eigenvalue weighted by Gasteiger charge is 2.17. The average molecular weight is 273 g/mol. The number of rotatable bonds is 3. The summed E-state index contributed by atoms with van der Waals surface area (Å²) in [6.45, 7) is 4.07. The molecule has 0 fully saturated rings. The summed E-state index contributed by atoms with van der Waals surface area (Å²) < 4.78 is 12.9. The number of carbonyl (C=O) groups excluding carboxylic acids is 1. The van der Waals surface area contributed by atoms with Crippen molar-refractivity contribution in [2.45, 2.75) is 13.8 Å². The van der Waals surface area contributed by atoms with Crippen molar-refractivity contribution in [1.29, 1.82) is 0 Å². The van der Waals surface area contributed by atoms with Gasteiger partial charge in [0.15, 0.2) is 0 Å². The van der Waals surface area contributed by atoms with Gasteiger partial charge in [0.25, 0.3) is 5.91 Å². The van der Waals surface area contributed by atoms with Crippen LogP contribution in [0.1, 0.15) is 22.8 Å². The molecule has 2 rings (SSSR count). The minimum Gasteiger partial charge on any atom is -0.508 e. The predicted octanol–water partition coefficient (Wildman–Crippen LogP) is 3.51. The summed E-state index contributed by atoms with van der Waals surface area (Å²) in [6.07, 6.45) is 0. The third-order valence-corrected chi connectivity index (χ3v) is 3.16. The van der Waals surface area contributed by atoms with E-state index in [1.54, 1.807) is 31.2 Å². The highest BCUT2D eigenvalue weighted by molar-refractivity contribution is 6.06. The van der Waals surface area contributed by atoms with Crippen LogP contribution in [0.25, 0.3) is 0 Å². The Balaban J connectivity index is 2.33. The van der Waals surface area contributed by atoms with Crippen LogP contribution >= 0.6 is 0 Å². The Kier molecular flexibility index (Phi) is 4.03. The largest absolute Gasteiger partial charge is 0.508 e. The zero-order valence-corrected chi connectivity index (χ0v) is 11.4. The first kappa shape index (κ1) is 14.1. The molecule has 0 aliphatic heterocycles. The number of aromatic hydroxyl groups is 1. The van der Waals surface area contributed by atoms with Crippen LogP contribution in [0.5, 0.6) is 5.75 Å². The molecule has 0 atom stereocenters. The molecule has 0 radical (unpaired) electrons. The van der Waals surface area contributed by atoms with E-state index in [-0.39, 0.29) is 17.5 Å². The number of hydrogen-bond acceptors (Lipinski definition) is 2. The van der Waals surface area contributed by atoms with Crippen molar-refractivity contribution in [3.8, 4) is 5.75 Å². The second kappa shape index (κ2) is 5.74. The van der Waals surface area contributed by atoms with Crippen molar-refractivity contribution in [2.24, 2.45) is 0 Å². The van der Waals surface area contributed by atoms with Crippen LogP contribution in [0.15, 0.2) is 42.5 Å². The maximum absolute atomic E-state index is 12.9. The Morgan fingerprint density at radius 1 is 1.20 bits per heavy atom. The second-order valence-electron chi connectivity index (χ2n) is 4.53. The van der Waals surface area contributed by atoms with Gasteiger partial charge in [-0.25, -0.2) is 4.39 Å². The zero-order valence-electron chi connectivity index (χ0n) is 11.4. The van der Waals surface area contributed by atoms with Crippen LogP contribution < -0.4 is 4.90 Å². The molecule has 0 unspecified atom stereocenters. The van der Waals surface area contributed by atoms with Crippen molar-refractivity contribution in [3.05, 3.63) is 59.4 Å². The molecule has 104 valence electrons. The molecule has 0 spiro atoms. The van der Waals surface area contributed by atoms with Gasteiger partial charge in [-0.05, 0) is 55.8 Å². The van der Waals surface area contributed by atoms with Gasteiger partial charge in [-0.2, -0.15) is 0 Å². The van der Waals surface area contributed by atoms with Gasteiger partial charge in [0, 0.05) is 17.8 Å². The lowest BCUT2D eigenvalue weighted by Crippen LogP contribution is -2.30. The molecule has 0 saturated heterocycles. The molecular formula is C16H16FNO2. The number of halogens is 1. The van der Waals surface area contributed by atoms with Gasteiger partial charge >= 0.3 is 0 Å². The first-order chi connectivity index (χ1) is 9.52. The minimum absolute atomic E-state index is 0.0889. The van der Waals surface area contributed by atoms with E-state index >= 15 is 0 Å². The Hall–Kier alpha value is -2.36. The topological polar surface area (TPSA) is 40.5 Å². The molecule has 3 nitrogen and oxygen atoms in total. The molecule has 2 aromatic carbocycles. The lowest BCUT2D eigenvalue weighted by Gasteiger charge is -2.21. The first-order valence-electron chi connectivity index (χ1n) is 6.40. The van der Waals surface area contributed by atoms with E-state index in [0.717, 1.165) is 0 Å². The Bertz CT molecular complexity index is 623. The maximum Gasteiger partial charge on any atom is 0.258 e. The first-order valence-corrected chi connectivity index (χ1v) is 6.40. The Labute approximate surface area is 117 Å². The second-order valence-corrected chi connectivity index (χ2v) is 4.53. The van der Waals surface area contributed by atoms with Crippen molar-refractivity contribution in [1.82, 2.24) is 0 Å². The van der Waals surface area contributed by atoms with Gasteiger partial charge in [-0.3, -0.25) is 4.79 Å². The van der Waals surface area contributed by atoms with Crippen LogP contribution in [0, 0.1) is 12.7 Å². The van der Waals surface area contributed by atoms with Gasteiger partial charge in [0.2, 0.25) is 0 Å². The standard InChI is InChI=1S/C16H16FNO2/c1-3-18(14-8-6-13(17)7-9-14)16(20)12-5-4-11(2)15(19)10-12/h4-10,19H,3H2,1-2H3. The number of aryl methyl sites for hydroxylation is 1. The summed E-state index contributed by atoms with van der Waals surface area (Å²) in [5, 5.41) is 9.69. The molecule has 1 amide bonds. The molecule has 0 aliphatic carbocycles. The third-order valence-electron chi connectivity index (χ3n) is 3.16. The van der Waals surface area contributed by atoms with Crippen molar-refractivity contribution in [2.75, 3.05) is 11.4 Å². The number of hydrogen-bond donors (Lipinski definition) is 1. The number of anilines is 1. The lowest BCUT2D eigenvalue weighted by molar-refractivity contribution is 0.0988. The van der Waals surface area contributed by atoms with Gasteiger partial charge in [0.1, 0.15) is 11.6 Å². The zero-order chi connectivity index (χ0) is 14.7. The molecule has 2 aromatic rings. The van der Waals surface area contributed by atoms with Crippen molar-refractivity contribution < 1.29 is 14.3 Å². The lowest BCUT2D eigenvalue weighted by atomic mass is 10.1. The summed E-state index contributed by atoms with van der Waals surface area (Å²) in [6, 6.07) is 10.6.